The van der Waals surface area contributed by atoms with Crippen molar-refractivity contribution < 1.29 is 19.0 Å². The lowest BCUT2D eigenvalue weighted by atomic mass is 9.87. The average Bonchev–Trinajstić information content (AvgIpc) is 3.02. The zero-order valence-corrected chi connectivity index (χ0v) is 29.2. The number of halogens is 2. The van der Waals surface area contributed by atoms with Gasteiger partial charge >= 0.3 is 6.09 Å². The number of carbonyl (C=O) groups is 1. The van der Waals surface area contributed by atoms with Crippen LogP contribution in [0.25, 0.3) is 0 Å². The number of nitrogens with zero attached hydrogens (tertiary/aromatic N) is 5. The number of benzene rings is 3. The van der Waals surface area contributed by atoms with E-state index in [4.69, 9.17) is 16.3 Å². The topological polar surface area (TPSA) is 94.1 Å². The van der Waals surface area contributed by atoms with E-state index < -0.39 is 18.0 Å². The van der Waals surface area contributed by atoms with E-state index in [1.165, 1.54) is 17.2 Å². The van der Waals surface area contributed by atoms with E-state index in [1.54, 1.807) is 30.3 Å². The fourth-order valence-corrected chi connectivity index (χ4v) is 6.63. The molecule has 1 aliphatic rings. The lowest BCUT2D eigenvalue weighted by Gasteiger charge is -2.36. The number of nitrogens with one attached hydrogen (secondary N) is 1. The standard InChI is InChI=1S/C37H44ClFN6O3/c1-23(2)44-15-13-43(14-16-44)17-18-48-32-10-9-29(22-31(32)39)41-36-40-12-11-33(42-36)45(37(46)47)35(30-21-28(38)8-7-25(30)4)34-26(5)19-24(3)20-27(34)6/h7-12,19-23,35H,13-18H2,1-6H3,(H,46,47)(H,40,41,42). The van der Waals surface area contributed by atoms with E-state index in [1.807, 2.05) is 45.9 Å². The van der Waals surface area contributed by atoms with Crippen molar-refractivity contribution >= 4 is 35.1 Å². The SMILES string of the molecule is Cc1cc(C)c(C(c2cc(Cl)ccc2C)N(C(=O)O)c2ccnc(Nc3ccc(OCCN4CCN(C(C)C)CC4)c(F)c3)n2)c(C)c1. The van der Waals surface area contributed by atoms with E-state index >= 15 is 4.39 Å². The van der Waals surface area contributed by atoms with Crippen molar-refractivity contribution in [3.05, 3.63) is 105 Å². The molecule has 254 valence electrons. The summed E-state index contributed by atoms with van der Waals surface area (Å²) < 4.78 is 20.9. The summed E-state index contributed by atoms with van der Waals surface area (Å²) in [5.74, 6) is -0.0869. The van der Waals surface area contributed by atoms with E-state index in [2.05, 4.69) is 38.9 Å². The van der Waals surface area contributed by atoms with E-state index in [-0.39, 0.29) is 17.5 Å². The van der Waals surface area contributed by atoms with Gasteiger partial charge in [-0.1, -0.05) is 35.4 Å². The fraction of sp³-hybridized carbons (Fsp3) is 0.378. The van der Waals surface area contributed by atoms with Gasteiger partial charge in [-0.25, -0.2) is 19.1 Å². The van der Waals surface area contributed by atoms with Crippen LogP contribution in [0.4, 0.5) is 26.6 Å². The summed E-state index contributed by atoms with van der Waals surface area (Å²) in [6.45, 7) is 17.4. The monoisotopic (exact) mass is 674 g/mol. The molecule has 1 unspecified atom stereocenters. The highest BCUT2D eigenvalue weighted by Crippen LogP contribution is 2.39. The van der Waals surface area contributed by atoms with Gasteiger partial charge in [0.1, 0.15) is 12.4 Å². The lowest BCUT2D eigenvalue weighted by Crippen LogP contribution is -2.49. The van der Waals surface area contributed by atoms with Crippen LogP contribution in [0.5, 0.6) is 5.75 Å². The van der Waals surface area contributed by atoms with Crippen molar-refractivity contribution in [2.75, 3.05) is 49.5 Å². The number of hydrogen-bond donors (Lipinski definition) is 2. The largest absolute Gasteiger partial charge is 0.489 e. The second kappa shape index (κ2) is 15.3. The Morgan fingerprint density at radius 2 is 1.71 bits per heavy atom. The Hall–Kier alpha value is -4.25. The minimum Gasteiger partial charge on any atom is -0.489 e. The van der Waals surface area contributed by atoms with E-state index in [0.717, 1.165) is 66.1 Å². The van der Waals surface area contributed by atoms with Crippen molar-refractivity contribution in [1.29, 1.82) is 0 Å². The van der Waals surface area contributed by atoms with Gasteiger partial charge < -0.3 is 15.2 Å². The molecule has 5 rings (SSSR count). The molecule has 9 nitrogen and oxygen atoms in total. The van der Waals surface area contributed by atoms with Crippen molar-refractivity contribution in [3.63, 3.8) is 0 Å². The Kier molecular flexibility index (Phi) is 11.2. The van der Waals surface area contributed by atoms with E-state index in [9.17, 15) is 9.90 Å². The van der Waals surface area contributed by atoms with Gasteiger partial charge in [-0.05, 0) is 99.7 Å². The first kappa shape index (κ1) is 35.1. The number of hydrogen-bond acceptors (Lipinski definition) is 7. The number of amides is 1. The third kappa shape index (κ3) is 8.24. The van der Waals surface area contributed by atoms with Crippen LogP contribution < -0.4 is 15.0 Å². The first-order chi connectivity index (χ1) is 22.9. The fourth-order valence-electron chi connectivity index (χ4n) is 6.45. The van der Waals surface area contributed by atoms with E-state index in [0.29, 0.717) is 23.4 Å². The maximum atomic E-state index is 15.1. The number of piperazine rings is 1. The Bertz CT molecular complexity index is 1740. The van der Waals surface area contributed by atoms with Gasteiger partial charge in [-0.15, -0.1) is 0 Å². The number of ether oxygens (including phenoxy) is 1. The smallest absolute Gasteiger partial charge is 0.413 e. The first-order valence-electron chi connectivity index (χ1n) is 16.3. The maximum Gasteiger partial charge on any atom is 0.413 e. The highest BCUT2D eigenvalue weighted by molar-refractivity contribution is 6.30. The van der Waals surface area contributed by atoms with Gasteiger partial charge in [-0.3, -0.25) is 9.80 Å². The predicted molar refractivity (Wildman–Crippen MR) is 190 cm³/mol. The second-order valence-corrected chi connectivity index (χ2v) is 13.1. The van der Waals surface area contributed by atoms with Gasteiger partial charge in [0.25, 0.3) is 0 Å². The molecule has 0 spiro atoms. The molecular formula is C37H44ClFN6O3. The summed E-state index contributed by atoms with van der Waals surface area (Å²) in [4.78, 5) is 28.0. The van der Waals surface area contributed by atoms with Crippen LogP contribution in [0.3, 0.4) is 0 Å². The zero-order valence-electron chi connectivity index (χ0n) is 28.4. The van der Waals surface area contributed by atoms with Gasteiger partial charge in [0.15, 0.2) is 11.6 Å². The molecule has 1 fully saturated rings. The predicted octanol–water partition coefficient (Wildman–Crippen LogP) is 7.93. The average molecular weight is 675 g/mol. The number of anilines is 3. The number of rotatable bonds is 11. The molecule has 11 heteroatoms. The summed E-state index contributed by atoms with van der Waals surface area (Å²) >= 11 is 6.46. The molecule has 2 heterocycles. The molecule has 0 saturated carbocycles. The zero-order chi connectivity index (χ0) is 34.5. The molecule has 1 amide bonds. The minimum absolute atomic E-state index is 0.117. The minimum atomic E-state index is -1.20. The van der Waals surface area contributed by atoms with Crippen molar-refractivity contribution in [1.82, 2.24) is 19.8 Å². The Morgan fingerprint density at radius 3 is 2.35 bits per heavy atom. The van der Waals surface area contributed by atoms with Gasteiger partial charge in [-0.2, -0.15) is 4.98 Å². The molecule has 1 aromatic heterocycles. The highest BCUT2D eigenvalue weighted by Gasteiger charge is 2.33. The summed E-state index contributed by atoms with van der Waals surface area (Å²) in [7, 11) is 0. The molecule has 4 aromatic rings. The molecule has 0 bridgehead atoms. The molecule has 2 N–H and O–H groups in total. The molecule has 1 atom stereocenters. The number of carboxylic acid groups (broad SMARTS) is 1. The Balaban J connectivity index is 1.36. The van der Waals surface area contributed by atoms with Crippen LogP contribution in [0.2, 0.25) is 5.02 Å². The highest BCUT2D eigenvalue weighted by atomic mass is 35.5. The molecule has 1 aliphatic heterocycles. The summed E-state index contributed by atoms with van der Waals surface area (Å²) in [6, 6.07) is 15.5. The normalized spacial score (nSPS) is 14.6. The van der Waals surface area contributed by atoms with Crippen LogP contribution in [0, 0.1) is 33.5 Å². The summed E-state index contributed by atoms with van der Waals surface area (Å²) in [5.41, 5.74) is 5.84. The quantitative estimate of drug-likeness (QED) is 0.166. The van der Waals surface area contributed by atoms with Crippen LogP contribution in [-0.4, -0.2) is 76.3 Å². The molecule has 0 aliphatic carbocycles. The summed E-state index contributed by atoms with van der Waals surface area (Å²) in [5, 5.41) is 14.2. The second-order valence-electron chi connectivity index (χ2n) is 12.7. The van der Waals surface area contributed by atoms with Crippen molar-refractivity contribution in [2.24, 2.45) is 0 Å². The third-order valence-corrected chi connectivity index (χ3v) is 9.12. The number of aromatic nitrogens is 2. The summed E-state index contributed by atoms with van der Waals surface area (Å²) in [6.07, 6.45) is 0.282. The third-order valence-electron chi connectivity index (χ3n) is 8.89. The molecule has 1 saturated heterocycles. The maximum absolute atomic E-state index is 15.1. The van der Waals surface area contributed by atoms with Crippen LogP contribution >= 0.6 is 11.6 Å². The van der Waals surface area contributed by atoms with Crippen LogP contribution in [0.15, 0.2) is 60.8 Å². The van der Waals surface area contributed by atoms with Gasteiger partial charge in [0.05, 0.1) is 6.04 Å². The first-order valence-corrected chi connectivity index (χ1v) is 16.6. The molecule has 3 aromatic carbocycles. The Morgan fingerprint density at radius 1 is 1.00 bits per heavy atom. The lowest BCUT2D eigenvalue weighted by molar-refractivity contribution is 0.0965. The molecule has 48 heavy (non-hydrogen) atoms. The van der Waals surface area contributed by atoms with Gasteiger partial charge in [0, 0.05) is 61.7 Å². The Labute approximate surface area is 287 Å². The molecular weight excluding hydrogens is 631 g/mol. The number of aryl methyl sites for hydroxylation is 4. The molecule has 0 radical (unpaired) electrons. The van der Waals surface area contributed by atoms with Gasteiger partial charge in [0.2, 0.25) is 5.95 Å². The van der Waals surface area contributed by atoms with Crippen LogP contribution in [0.1, 0.15) is 53.3 Å². The van der Waals surface area contributed by atoms with Crippen LogP contribution in [-0.2, 0) is 0 Å². The van der Waals surface area contributed by atoms with Crippen molar-refractivity contribution in [2.45, 2.75) is 53.6 Å². The van der Waals surface area contributed by atoms with Crippen molar-refractivity contribution in [3.8, 4) is 5.75 Å².